The van der Waals surface area contributed by atoms with Crippen LogP contribution in [0, 0.1) is 0 Å². The van der Waals surface area contributed by atoms with E-state index in [1.54, 1.807) is 24.3 Å². The maximum atomic E-state index is 13.0. The first-order chi connectivity index (χ1) is 16.1. The minimum atomic E-state index is -0.143. The van der Waals surface area contributed by atoms with Gasteiger partial charge in [-0.2, -0.15) is 0 Å². The van der Waals surface area contributed by atoms with Crippen molar-refractivity contribution < 1.29 is 9.59 Å². The molecule has 0 aliphatic carbocycles. The number of carbonyl (C=O) groups is 2. The molecule has 4 rings (SSSR count). The Labute approximate surface area is 195 Å². The van der Waals surface area contributed by atoms with E-state index in [1.165, 1.54) is 11.1 Å². The highest BCUT2D eigenvalue weighted by atomic mass is 16.2. The summed E-state index contributed by atoms with van der Waals surface area (Å²) in [4.78, 5) is 27.4. The molecule has 33 heavy (non-hydrogen) atoms. The zero-order chi connectivity index (χ0) is 23.0. The Kier molecular flexibility index (Phi) is 7.40. The second kappa shape index (κ2) is 10.8. The second-order valence-electron chi connectivity index (χ2n) is 8.64. The summed E-state index contributed by atoms with van der Waals surface area (Å²) in [6, 6.07) is 25.4. The van der Waals surface area contributed by atoms with Gasteiger partial charge in [0.1, 0.15) is 0 Å². The number of fused-ring (bicyclic) bond motifs is 1. The number of nitrogens with zero attached hydrogens (tertiary/aromatic N) is 1. The van der Waals surface area contributed by atoms with Crippen molar-refractivity contribution in [3.05, 3.63) is 95.6 Å². The molecule has 3 amide bonds. The lowest BCUT2D eigenvalue weighted by atomic mass is 10.1. The molecule has 1 atom stereocenters. The molecule has 5 heteroatoms. The number of amides is 3. The molecule has 0 saturated heterocycles. The molecule has 3 aromatic carbocycles. The molecule has 1 aliphatic rings. The van der Waals surface area contributed by atoms with Crippen molar-refractivity contribution in [1.82, 2.24) is 5.32 Å². The summed E-state index contributed by atoms with van der Waals surface area (Å²) in [5.74, 6) is -0.102. The average molecular weight is 442 g/mol. The second-order valence-corrected chi connectivity index (χ2v) is 8.64. The Morgan fingerprint density at radius 1 is 0.909 bits per heavy atom. The summed E-state index contributed by atoms with van der Waals surface area (Å²) in [7, 11) is 0. The van der Waals surface area contributed by atoms with Crippen molar-refractivity contribution in [2.24, 2.45) is 0 Å². The Morgan fingerprint density at radius 2 is 1.64 bits per heavy atom. The molecule has 0 unspecified atom stereocenters. The standard InChI is InChI=1S/C28H31N3O2/c1-21(14-15-22-9-3-2-4-10-22)29-27(32)24-16-18-25(19-17-24)30-28(33)31-20-8-7-12-23-11-5-6-13-26(23)31/h2-6,9-11,13,16-19,21H,7-8,12,14-15,20H2,1H3,(H,29,32)(H,30,33)/t21-/m0/s1. The van der Waals surface area contributed by atoms with E-state index in [-0.39, 0.29) is 18.0 Å². The largest absolute Gasteiger partial charge is 0.350 e. The number of anilines is 2. The normalized spacial score (nSPS) is 14.0. The number of rotatable bonds is 6. The lowest BCUT2D eigenvalue weighted by molar-refractivity contribution is 0.0938. The van der Waals surface area contributed by atoms with Crippen molar-refractivity contribution in [3.63, 3.8) is 0 Å². The van der Waals surface area contributed by atoms with Crippen LogP contribution in [0.3, 0.4) is 0 Å². The minimum absolute atomic E-state index is 0.0696. The third kappa shape index (κ3) is 6.01. The molecule has 0 spiro atoms. The zero-order valence-electron chi connectivity index (χ0n) is 19.1. The van der Waals surface area contributed by atoms with E-state index in [4.69, 9.17) is 0 Å². The number of aryl methyl sites for hydroxylation is 2. The van der Waals surface area contributed by atoms with Crippen molar-refractivity contribution in [3.8, 4) is 0 Å². The monoisotopic (exact) mass is 441 g/mol. The number of nitrogens with one attached hydrogen (secondary N) is 2. The molecular weight excluding hydrogens is 410 g/mol. The fraction of sp³-hybridized carbons (Fsp3) is 0.286. The van der Waals surface area contributed by atoms with Crippen LogP contribution in [0.4, 0.5) is 16.2 Å². The third-order valence-electron chi connectivity index (χ3n) is 6.09. The molecule has 2 N–H and O–H groups in total. The fourth-order valence-corrected chi connectivity index (χ4v) is 4.21. The molecule has 5 nitrogen and oxygen atoms in total. The van der Waals surface area contributed by atoms with Crippen LogP contribution in [0.1, 0.15) is 47.7 Å². The quantitative estimate of drug-likeness (QED) is 0.507. The third-order valence-corrected chi connectivity index (χ3v) is 6.09. The summed E-state index contributed by atoms with van der Waals surface area (Å²) in [5.41, 5.74) is 4.72. The molecule has 170 valence electrons. The summed E-state index contributed by atoms with van der Waals surface area (Å²) < 4.78 is 0. The van der Waals surface area contributed by atoms with Crippen LogP contribution in [-0.2, 0) is 12.8 Å². The van der Waals surface area contributed by atoms with Crippen LogP contribution < -0.4 is 15.5 Å². The van der Waals surface area contributed by atoms with Gasteiger partial charge in [0.15, 0.2) is 0 Å². The number of para-hydroxylation sites is 1. The summed E-state index contributed by atoms with van der Waals surface area (Å²) in [5, 5.41) is 6.04. The Balaban J connectivity index is 1.32. The van der Waals surface area contributed by atoms with Gasteiger partial charge in [0.05, 0.1) is 0 Å². The van der Waals surface area contributed by atoms with Crippen molar-refractivity contribution in [2.75, 3.05) is 16.8 Å². The molecule has 1 heterocycles. The van der Waals surface area contributed by atoms with E-state index in [1.807, 2.05) is 48.2 Å². The van der Waals surface area contributed by atoms with Gasteiger partial charge >= 0.3 is 6.03 Å². The molecule has 0 radical (unpaired) electrons. The van der Waals surface area contributed by atoms with Crippen LogP contribution in [0.2, 0.25) is 0 Å². The first kappa shape index (κ1) is 22.6. The van der Waals surface area contributed by atoms with Gasteiger partial charge in [0.2, 0.25) is 0 Å². The smallest absolute Gasteiger partial charge is 0.326 e. The van der Waals surface area contributed by atoms with Crippen molar-refractivity contribution >= 4 is 23.3 Å². The van der Waals surface area contributed by atoms with E-state index in [0.29, 0.717) is 17.8 Å². The van der Waals surface area contributed by atoms with Crippen LogP contribution in [0.5, 0.6) is 0 Å². The van der Waals surface area contributed by atoms with E-state index in [2.05, 4.69) is 28.8 Å². The van der Waals surface area contributed by atoms with E-state index in [9.17, 15) is 9.59 Å². The molecular formula is C28H31N3O2. The fourth-order valence-electron chi connectivity index (χ4n) is 4.21. The Bertz CT molecular complexity index is 1080. The van der Waals surface area contributed by atoms with Gasteiger partial charge in [-0.3, -0.25) is 9.69 Å². The maximum absolute atomic E-state index is 13.0. The molecule has 0 aromatic heterocycles. The van der Waals surface area contributed by atoms with Crippen LogP contribution in [0.25, 0.3) is 0 Å². The summed E-state index contributed by atoms with van der Waals surface area (Å²) in [6.07, 6.45) is 4.85. The summed E-state index contributed by atoms with van der Waals surface area (Å²) in [6.45, 7) is 2.72. The van der Waals surface area contributed by atoms with Gasteiger partial charge in [0.25, 0.3) is 5.91 Å². The number of urea groups is 1. The topological polar surface area (TPSA) is 61.4 Å². The first-order valence-electron chi connectivity index (χ1n) is 11.7. The van der Waals surface area contributed by atoms with E-state index >= 15 is 0 Å². The number of carbonyl (C=O) groups excluding carboxylic acids is 2. The number of benzene rings is 3. The lowest BCUT2D eigenvalue weighted by Crippen LogP contribution is -2.35. The van der Waals surface area contributed by atoms with Crippen molar-refractivity contribution in [2.45, 2.75) is 45.1 Å². The van der Waals surface area contributed by atoms with Gasteiger partial charge in [-0.05, 0) is 80.5 Å². The van der Waals surface area contributed by atoms with Crippen LogP contribution >= 0.6 is 0 Å². The molecule has 1 aliphatic heterocycles. The minimum Gasteiger partial charge on any atom is -0.350 e. The van der Waals surface area contributed by atoms with Crippen molar-refractivity contribution in [1.29, 1.82) is 0 Å². The van der Waals surface area contributed by atoms with Gasteiger partial charge in [0, 0.05) is 29.5 Å². The first-order valence-corrected chi connectivity index (χ1v) is 11.7. The average Bonchev–Trinajstić information content (AvgIpc) is 3.06. The predicted octanol–water partition coefficient (Wildman–Crippen LogP) is 5.81. The van der Waals surface area contributed by atoms with Crippen LogP contribution in [0.15, 0.2) is 78.9 Å². The van der Waals surface area contributed by atoms with Crippen LogP contribution in [-0.4, -0.2) is 24.5 Å². The number of hydrogen-bond donors (Lipinski definition) is 2. The molecule has 0 bridgehead atoms. The highest BCUT2D eigenvalue weighted by Crippen LogP contribution is 2.26. The molecule has 0 saturated carbocycles. The highest BCUT2D eigenvalue weighted by molar-refractivity contribution is 6.02. The number of hydrogen-bond acceptors (Lipinski definition) is 2. The molecule has 0 fully saturated rings. The Hall–Kier alpha value is -3.60. The van der Waals surface area contributed by atoms with E-state index in [0.717, 1.165) is 37.8 Å². The Morgan fingerprint density at radius 3 is 2.42 bits per heavy atom. The molecule has 3 aromatic rings. The van der Waals surface area contributed by atoms with Gasteiger partial charge in [-0.1, -0.05) is 48.5 Å². The maximum Gasteiger partial charge on any atom is 0.326 e. The zero-order valence-corrected chi connectivity index (χ0v) is 19.1. The van der Waals surface area contributed by atoms with E-state index < -0.39 is 0 Å². The van der Waals surface area contributed by atoms with Gasteiger partial charge in [-0.25, -0.2) is 4.79 Å². The van der Waals surface area contributed by atoms with Gasteiger partial charge in [-0.15, -0.1) is 0 Å². The van der Waals surface area contributed by atoms with Gasteiger partial charge < -0.3 is 10.6 Å². The predicted molar refractivity (Wildman–Crippen MR) is 134 cm³/mol. The summed E-state index contributed by atoms with van der Waals surface area (Å²) >= 11 is 0. The highest BCUT2D eigenvalue weighted by Gasteiger charge is 2.21. The SMILES string of the molecule is C[C@@H](CCc1ccccc1)NC(=O)c1ccc(NC(=O)N2CCCCc3ccccc32)cc1. The lowest BCUT2D eigenvalue weighted by Gasteiger charge is -2.23.